The second-order valence-electron chi connectivity index (χ2n) is 6.53. The molecule has 0 saturated carbocycles. The van der Waals surface area contributed by atoms with Crippen molar-refractivity contribution in [2.75, 3.05) is 6.54 Å². The first kappa shape index (κ1) is 17.9. The Bertz CT molecular complexity index is 860. The van der Waals surface area contributed by atoms with Crippen LogP contribution in [0.25, 0.3) is 0 Å². The molecule has 0 aliphatic carbocycles. The number of carbonyl (C=O) groups is 1. The number of carbonyl (C=O) groups excluding carboxylic acids is 1. The molecule has 1 aromatic heterocycles. The number of hydrogen-bond donors (Lipinski definition) is 0. The average Bonchev–Trinajstić information content (AvgIpc) is 2.66. The first-order chi connectivity index (χ1) is 12.6. The van der Waals surface area contributed by atoms with E-state index in [1.807, 2.05) is 67.3 Å². The topological polar surface area (TPSA) is 33.2 Å². The Kier molecular flexibility index (Phi) is 5.80. The fourth-order valence-electron chi connectivity index (χ4n) is 3.05. The van der Waals surface area contributed by atoms with Crippen LogP contribution in [0.4, 0.5) is 0 Å². The van der Waals surface area contributed by atoms with Gasteiger partial charge in [0.05, 0.1) is 11.3 Å². The molecule has 0 saturated heterocycles. The van der Waals surface area contributed by atoms with Gasteiger partial charge in [0.15, 0.2) is 0 Å². The highest BCUT2D eigenvalue weighted by atomic mass is 16.2. The van der Waals surface area contributed by atoms with Crippen LogP contribution in [0.15, 0.2) is 72.8 Å². The van der Waals surface area contributed by atoms with E-state index in [4.69, 9.17) is 0 Å². The van der Waals surface area contributed by atoms with E-state index in [2.05, 4.69) is 29.2 Å². The van der Waals surface area contributed by atoms with Gasteiger partial charge in [-0.25, -0.2) is 0 Å². The maximum atomic E-state index is 13.2. The van der Waals surface area contributed by atoms with Crippen molar-refractivity contribution in [3.63, 3.8) is 0 Å². The quantitative estimate of drug-likeness (QED) is 0.655. The molecule has 0 bridgehead atoms. The van der Waals surface area contributed by atoms with Crippen molar-refractivity contribution in [1.82, 2.24) is 9.88 Å². The van der Waals surface area contributed by atoms with Crippen LogP contribution in [0.3, 0.4) is 0 Å². The maximum absolute atomic E-state index is 13.2. The van der Waals surface area contributed by atoms with Crippen molar-refractivity contribution in [2.24, 2.45) is 0 Å². The van der Waals surface area contributed by atoms with Gasteiger partial charge in [0, 0.05) is 18.8 Å². The number of amides is 1. The van der Waals surface area contributed by atoms with E-state index in [9.17, 15) is 4.79 Å². The van der Waals surface area contributed by atoms with Crippen LogP contribution in [0.2, 0.25) is 0 Å². The van der Waals surface area contributed by atoms with Crippen molar-refractivity contribution in [1.29, 1.82) is 0 Å². The molecule has 3 heteroatoms. The minimum absolute atomic E-state index is 0.0368. The van der Waals surface area contributed by atoms with Gasteiger partial charge in [0.25, 0.3) is 5.91 Å². The van der Waals surface area contributed by atoms with Gasteiger partial charge in [0.1, 0.15) is 0 Å². The molecule has 2 aromatic carbocycles. The van der Waals surface area contributed by atoms with E-state index >= 15 is 0 Å². The third-order valence-electron chi connectivity index (χ3n) is 4.47. The number of pyridine rings is 1. The summed E-state index contributed by atoms with van der Waals surface area (Å²) >= 11 is 0. The molecule has 132 valence electrons. The first-order valence-electron chi connectivity index (χ1n) is 8.95. The summed E-state index contributed by atoms with van der Waals surface area (Å²) in [4.78, 5) is 19.6. The molecule has 0 unspecified atom stereocenters. The number of rotatable bonds is 6. The largest absolute Gasteiger partial charge is 0.334 e. The van der Waals surface area contributed by atoms with Gasteiger partial charge in [-0.05, 0) is 43.5 Å². The molecule has 0 radical (unpaired) electrons. The summed E-state index contributed by atoms with van der Waals surface area (Å²) in [5.41, 5.74) is 4.76. The zero-order valence-electron chi connectivity index (χ0n) is 15.4. The highest BCUT2D eigenvalue weighted by Crippen LogP contribution is 2.14. The van der Waals surface area contributed by atoms with E-state index in [0.29, 0.717) is 18.7 Å². The molecule has 0 fully saturated rings. The third-order valence-corrected chi connectivity index (χ3v) is 4.47. The van der Waals surface area contributed by atoms with E-state index in [-0.39, 0.29) is 5.91 Å². The van der Waals surface area contributed by atoms with E-state index in [0.717, 1.165) is 23.4 Å². The number of nitrogens with zero attached hydrogens (tertiary/aromatic N) is 2. The van der Waals surface area contributed by atoms with Crippen LogP contribution >= 0.6 is 0 Å². The Labute approximate surface area is 155 Å². The van der Waals surface area contributed by atoms with Gasteiger partial charge in [0.2, 0.25) is 0 Å². The summed E-state index contributed by atoms with van der Waals surface area (Å²) in [7, 11) is 0. The predicted molar refractivity (Wildman–Crippen MR) is 105 cm³/mol. The number of aryl methyl sites for hydroxylation is 2. The molecule has 0 spiro atoms. The summed E-state index contributed by atoms with van der Waals surface area (Å²) in [6.45, 7) is 5.11. The zero-order chi connectivity index (χ0) is 18.4. The summed E-state index contributed by atoms with van der Waals surface area (Å²) in [5, 5.41) is 0. The van der Waals surface area contributed by atoms with Crippen LogP contribution in [0.1, 0.15) is 32.9 Å². The molecule has 0 N–H and O–H groups in total. The van der Waals surface area contributed by atoms with E-state index in [1.165, 1.54) is 5.56 Å². The monoisotopic (exact) mass is 344 g/mol. The molecular formula is C23H24N2O. The molecule has 0 atom stereocenters. The van der Waals surface area contributed by atoms with Gasteiger partial charge in [-0.1, -0.05) is 60.7 Å². The number of benzene rings is 2. The second-order valence-corrected chi connectivity index (χ2v) is 6.53. The lowest BCUT2D eigenvalue weighted by Crippen LogP contribution is -2.33. The van der Waals surface area contributed by atoms with Crippen LogP contribution in [0, 0.1) is 13.8 Å². The zero-order valence-corrected chi connectivity index (χ0v) is 15.4. The molecule has 3 aromatic rings. The Morgan fingerprint density at radius 2 is 1.46 bits per heavy atom. The smallest absolute Gasteiger partial charge is 0.256 e. The number of aromatic nitrogens is 1. The van der Waals surface area contributed by atoms with Crippen molar-refractivity contribution >= 4 is 5.91 Å². The second kappa shape index (κ2) is 8.43. The molecule has 3 nitrogen and oxygen atoms in total. The molecule has 0 aliphatic rings. The Balaban J connectivity index is 1.82. The molecule has 26 heavy (non-hydrogen) atoms. The van der Waals surface area contributed by atoms with Crippen molar-refractivity contribution in [3.05, 3.63) is 101 Å². The minimum Gasteiger partial charge on any atom is -0.334 e. The lowest BCUT2D eigenvalue weighted by atomic mass is 10.1. The minimum atomic E-state index is 0.0368. The van der Waals surface area contributed by atoms with Crippen molar-refractivity contribution < 1.29 is 4.79 Å². The van der Waals surface area contributed by atoms with Crippen LogP contribution in [-0.4, -0.2) is 22.3 Å². The Morgan fingerprint density at radius 3 is 2.08 bits per heavy atom. The predicted octanol–water partition coefficient (Wildman–Crippen LogP) is 4.58. The summed E-state index contributed by atoms with van der Waals surface area (Å²) < 4.78 is 0. The first-order valence-corrected chi connectivity index (χ1v) is 8.95. The summed E-state index contributed by atoms with van der Waals surface area (Å²) in [5.74, 6) is 0.0368. The molecule has 0 aliphatic heterocycles. The van der Waals surface area contributed by atoms with E-state index in [1.54, 1.807) is 0 Å². The maximum Gasteiger partial charge on any atom is 0.256 e. The summed E-state index contributed by atoms with van der Waals surface area (Å²) in [6, 6.07) is 24.2. The lowest BCUT2D eigenvalue weighted by molar-refractivity contribution is 0.0744. The Hall–Kier alpha value is -2.94. The van der Waals surface area contributed by atoms with Crippen molar-refractivity contribution in [3.8, 4) is 0 Å². The van der Waals surface area contributed by atoms with Crippen LogP contribution < -0.4 is 0 Å². The normalized spacial score (nSPS) is 10.5. The molecule has 1 heterocycles. The Morgan fingerprint density at radius 1 is 0.846 bits per heavy atom. The van der Waals surface area contributed by atoms with Gasteiger partial charge in [-0.3, -0.25) is 9.78 Å². The third kappa shape index (κ3) is 4.57. The standard InChI is InChI=1S/C23H24N2O/c1-18-13-14-22(19(2)24-18)23(26)25(17-21-11-7-4-8-12-21)16-15-20-9-5-3-6-10-20/h3-14H,15-17H2,1-2H3. The van der Waals surface area contributed by atoms with Crippen LogP contribution in [0.5, 0.6) is 0 Å². The SMILES string of the molecule is Cc1ccc(C(=O)N(CCc2ccccc2)Cc2ccccc2)c(C)n1. The fraction of sp³-hybridized carbons (Fsp3) is 0.217. The van der Waals surface area contributed by atoms with Gasteiger partial charge in [-0.2, -0.15) is 0 Å². The molecule has 3 rings (SSSR count). The molecular weight excluding hydrogens is 320 g/mol. The van der Waals surface area contributed by atoms with Crippen LogP contribution in [-0.2, 0) is 13.0 Å². The van der Waals surface area contributed by atoms with Gasteiger partial charge in [-0.15, -0.1) is 0 Å². The highest BCUT2D eigenvalue weighted by molar-refractivity contribution is 5.95. The van der Waals surface area contributed by atoms with Gasteiger partial charge < -0.3 is 4.90 Å². The number of hydrogen-bond acceptors (Lipinski definition) is 2. The van der Waals surface area contributed by atoms with Crippen molar-refractivity contribution in [2.45, 2.75) is 26.8 Å². The highest BCUT2D eigenvalue weighted by Gasteiger charge is 2.18. The summed E-state index contributed by atoms with van der Waals surface area (Å²) in [6.07, 6.45) is 0.831. The fourth-order valence-corrected chi connectivity index (χ4v) is 3.05. The lowest BCUT2D eigenvalue weighted by Gasteiger charge is -2.24. The van der Waals surface area contributed by atoms with E-state index < -0.39 is 0 Å². The molecule has 1 amide bonds. The van der Waals surface area contributed by atoms with Gasteiger partial charge >= 0.3 is 0 Å². The average molecular weight is 344 g/mol.